The summed E-state index contributed by atoms with van der Waals surface area (Å²) < 4.78 is 0. The van der Waals surface area contributed by atoms with Crippen LogP contribution in [0.25, 0.3) is 0 Å². The van der Waals surface area contributed by atoms with Crippen molar-refractivity contribution < 1.29 is 14.4 Å². The highest BCUT2D eigenvalue weighted by atomic mass is 16.2. The summed E-state index contributed by atoms with van der Waals surface area (Å²) in [7, 11) is 0. The Bertz CT molecular complexity index is 891. The normalized spacial score (nSPS) is 13.2. The molecule has 3 rings (SSSR count). The molecule has 0 fully saturated rings. The van der Waals surface area contributed by atoms with Gasteiger partial charge in [0.2, 0.25) is 11.8 Å². The topological polar surface area (TPSA) is 78.8 Å². The first-order chi connectivity index (χ1) is 13.0. The summed E-state index contributed by atoms with van der Waals surface area (Å²) in [6.45, 7) is 1.97. The summed E-state index contributed by atoms with van der Waals surface area (Å²) in [6.07, 6.45) is 0.811. The van der Waals surface area contributed by atoms with Gasteiger partial charge < -0.3 is 5.32 Å². The predicted molar refractivity (Wildman–Crippen MR) is 104 cm³/mol. The molecule has 0 saturated heterocycles. The van der Waals surface area contributed by atoms with Crippen LogP contribution in [-0.2, 0) is 9.59 Å². The molecule has 1 aliphatic rings. The molecule has 2 aromatic rings. The Morgan fingerprint density at radius 1 is 1.00 bits per heavy atom. The molecule has 6 heteroatoms. The van der Waals surface area contributed by atoms with Crippen molar-refractivity contribution >= 4 is 29.0 Å². The maximum Gasteiger partial charge on any atom is 0.243 e. The number of hydrogen-bond acceptors (Lipinski definition) is 4. The zero-order valence-electron chi connectivity index (χ0n) is 15.1. The number of para-hydroxylation sites is 1. The van der Waals surface area contributed by atoms with E-state index in [1.165, 1.54) is 11.9 Å². The molecule has 1 N–H and O–H groups in total. The van der Waals surface area contributed by atoms with Crippen molar-refractivity contribution in [2.45, 2.75) is 26.2 Å². The Hall–Kier alpha value is -3.28. The van der Waals surface area contributed by atoms with Gasteiger partial charge in [-0.05, 0) is 24.6 Å². The molecule has 0 spiro atoms. The standard InChI is InChI=1S/C21H21N3O3/c1-15(25)17-9-5-6-10-19(17)22-20(26)11-12-21(27)24-14-13-18(23-24)16-7-3-2-4-8-16/h2-10H,11-14H2,1H3,(H,22,26). The first-order valence-electron chi connectivity index (χ1n) is 8.87. The van der Waals surface area contributed by atoms with Crippen LogP contribution in [0.1, 0.15) is 42.1 Å². The fraction of sp³-hybridized carbons (Fsp3) is 0.238. The second kappa shape index (κ2) is 8.40. The zero-order chi connectivity index (χ0) is 19.2. The lowest BCUT2D eigenvalue weighted by Crippen LogP contribution is -2.25. The molecule has 2 aromatic carbocycles. The molecule has 1 aliphatic heterocycles. The molecular weight excluding hydrogens is 342 g/mol. The van der Waals surface area contributed by atoms with E-state index in [9.17, 15) is 14.4 Å². The van der Waals surface area contributed by atoms with Crippen molar-refractivity contribution in [2.75, 3.05) is 11.9 Å². The van der Waals surface area contributed by atoms with Crippen molar-refractivity contribution in [2.24, 2.45) is 5.10 Å². The van der Waals surface area contributed by atoms with Crippen LogP contribution in [0.2, 0.25) is 0 Å². The van der Waals surface area contributed by atoms with Crippen LogP contribution in [-0.4, -0.2) is 34.9 Å². The number of anilines is 1. The van der Waals surface area contributed by atoms with Crippen molar-refractivity contribution in [3.8, 4) is 0 Å². The van der Waals surface area contributed by atoms with Crippen LogP contribution in [0.4, 0.5) is 5.69 Å². The van der Waals surface area contributed by atoms with Crippen molar-refractivity contribution in [3.63, 3.8) is 0 Å². The second-order valence-electron chi connectivity index (χ2n) is 6.33. The van der Waals surface area contributed by atoms with Crippen LogP contribution < -0.4 is 5.32 Å². The van der Waals surface area contributed by atoms with Crippen LogP contribution in [0.15, 0.2) is 59.7 Å². The smallest absolute Gasteiger partial charge is 0.243 e. The van der Waals surface area contributed by atoms with E-state index in [1.807, 2.05) is 30.3 Å². The number of rotatable bonds is 6. The summed E-state index contributed by atoms with van der Waals surface area (Å²) in [5, 5.41) is 8.52. The fourth-order valence-electron chi connectivity index (χ4n) is 2.93. The lowest BCUT2D eigenvalue weighted by molar-refractivity contribution is -0.132. The van der Waals surface area contributed by atoms with Crippen molar-refractivity contribution in [3.05, 3.63) is 65.7 Å². The summed E-state index contributed by atoms with van der Waals surface area (Å²) in [4.78, 5) is 36.1. The van der Waals surface area contributed by atoms with E-state index in [2.05, 4.69) is 10.4 Å². The molecule has 0 aromatic heterocycles. The van der Waals surface area contributed by atoms with Crippen LogP contribution in [0, 0.1) is 0 Å². The lowest BCUT2D eigenvalue weighted by Gasteiger charge is -2.12. The highest BCUT2D eigenvalue weighted by Crippen LogP contribution is 2.17. The third kappa shape index (κ3) is 4.67. The van der Waals surface area contributed by atoms with Gasteiger partial charge in [0.25, 0.3) is 0 Å². The maximum absolute atomic E-state index is 12.3. The predicted octanol–water partition coefficient (Wildman–Crippen LogP) is 3.24. The molecular formula is C21H21N3O3. The lowest BCUT2D eigenvalue weighted by atomic mass is 10.1. The molecule has 0 atom stereocenters. The van der Waals surface area contributed by atoms with E-state index >= 15 is 0 Å². The fourth-order valence-corrected chi connectivity index (χ4v) is 2.93. The molecule has 0 saturated carbocycles. The SMILES string of the molecule is CC(=O)c1ccccc1NC(=O)CCC(=O)N1CCC(c2ccccc2)=N1. The van der Waals surface area contributed by atoms with Gasteiger partial charge >= 0.3 is 0 Å². The summed E-state index contributed by atoms with van der Waals surface area (Å²) >= 11 is 0. The second-order valence-corrected chi connectivity index (χ2v) is 6.33. The summed E-state index contributed by atoms with van der Waals surface area (Å²) in [6, 6.07) is 16.6. The average molecular weight is 363 g/mol. The number of nitrogens with one attached hydrogen (secondary N) is 1. The first-order valence-corrected chi connectivity index (χ1v) is 8.87. The van der Waals surface area contributed by atoms with Gasteiger partial charge in [-0.2, -0.15) is 5.10 Å². The largest absolute Gasteiger partial charge is 0.325 e. The van der Waals surface area contributed by atoms with Crippen LogP contribution >= 0.6 is 0 Å². The van der Waals surface area contributed by atoms with E-state index in [1.54, 1.807) is 24.3 Å². The van der Waals surface area contributed by atoms with E-state index in [-0.39, 0.29) is 30.4 Å². The Balaban J connectivity index is 1.55. The van der Waals surface area contributed by atoms with Gasteiger partial charge in [0.15, 0.2) is 5.78 Å². The number of hydrazone groups is 1. The van der Waals surface area contributed by atoms with Gasteiger partial charge in [-0.15, -0.1) is 0 Å². The van der Waals surface area contributed by atoms with Gasteiger partial charge in [0.1, 0.15) is 0 Å². The van der Waals surface area contributed by atoms with Gasteiger partial charge in [0.05, 0.1) is 17.9 Å². The minimum atomic E-state index is -0.302. The Morgan fingerprint density at radius 2 is 1.70 bits per heavy atom. The molecule has 0 aliphatic carbocycles. The number of carbonyl (C=O) groups excluding carboxylic acids is 3. The number of amides is 2. The number of hydrogen-bond donors (Lipinski definition) is 1. The molecule has 0 radical (unpaired) electrons. The van der Waals surface area contributed by atoms with Gasteiger partial charge in [-0.3, -0.25) is 14.4 Å². The number of Topliss-reactive ketones (excluding diaryl/α,β-unsaturated/α-hetero) is 1. The van der Waals surface area contributed by atoms with Gasteiger partial charge in [-0.1, -0.05) is 42.5 Å². The molecule has 1 heterocycles. The van der Waals surface area contributed by atoms with Gasteiger partial charge in [-0.25, -0.2) is 5.01 Å². The molecule has 0 unspecified atom stereocenters. The highest BCUT2D eigenvalue weighted by molar-refractivity contribution is 6.04. The third-order valence-electron chi connectivity index (χ3n) is 4.34. The monoisotopic (exact) mass is 363 g/mol. The van der Waals surface area contributed by atoms with Crippen LogP contribution in [0.3, 0.4) is 0 Å². The quantitative estimate of drug-likeness (QED) is 0.800. The molecule has 27 heavy (non-hydrogen) atoms. The van der Waals surface area contributed by atoms with E-state index in [4.69, 9.17) is 0 Å². The zero-order valence-corrected chi connectivity index (χ0v) is 15.1. The van der Waals surface area contributed by atoms with Gasteiger partial charge in [0, 0.05) is 24.8 Å². The Morgan fingerprint density at radius 3 is 2.44 bits per heavy atom. The molecule has 138 valence electrons. The number of benzene rings is 2. The highest BCUT2D eigenvalue weighted by Gasteiger charge is 2.22. The summed E-state index contributed by atoms with van der Waals surface area (Å²) in [5.41, 5.74) is 2.80. The number of ketones is 1. The molecule has 0 bridgehead atoms. The van der Waals surface area contributed by atoms with Crippen molar-refractivity contribution in [1.29, 1.82) is 0 Å². The Labute approximate surface area is 157 Å². The Kier molecular flexibility index (Phi) is 5.76. The summed E-state index contributed by atoms with van der Waals surface area (Å²) in [5.74, 6) is -0.610. The van der Waals surface area contributed by atoms with E-state index in [0.717, 1.165) is 11.3 Å². The van der Waals surface area contributed by atoms with Crippen LogP contribution in [0.5, 0.6) is 0 Å². The minimum absolute atomic E-state index is 0.0394. The molecule has 6 nitrogen and oxygen atoms in total. The minimum Gasteiger partial charge on any atom is -0.325 e. The van der Waals surface area contributed by atoms with E-state index < -0.39 is 0 Å². The number of carbonyl (C=O) groups is 3. The van der Waals surface area contributed by atoms with Crippen molar-refractivity contribution in [1.82, 2.24) is 5.01 Å². The number of nitrogens with zero attached hydrogens (tertiary/aromatic N) is 2. The van der Waals surface area contributed by atoms with E-state index in [0.29, 0.717) is 24.2 Å². The average Bonchev–Trinajstić information content (AvgIpc) is 3.17. The maximum atomic E-state index is 12.3. The molecule has 2 amide bonds. The third-order valence-corrected chi connectivity index (χ3v) is 4.34. The first kappa shape index (κ1) is 18.5.